The second-order valence-electron chi connectivity index (χ2n) is 8.59. The smallest absolute Gasteiger partial charge is 0.251 e. The quantitative estimate of drug-likeness (QED) is 0.571. The number of fused-ring (bicyclic) bond motifs is 1. The minimum absolute atomic E-state index is 0.149. The number of nitrogens with zero attached hydrogens (tertiary/aromatic N) is 1. The fourth-order valence-electron chi connectivity index (χ4n) is 3.54. The van der Waals surface area contributed by atoms with Gasteiger partial charge in [-0.25, -0.2) is 17.2 Å². The number of hydrogen-bond donors (Lipinski definition) is 2. The number of hydrogen-bond acceptors (Lipinski definition) is 4. The van der Waals surface area contributed by atoms with Gasteiger partial charge in [-0.05, 0) is 61.7 Å². The van der Waals surface area contributed by atoms with Crippen molar-refractivity contribution in [3.63, 3.8) is 0 Å². The number of sulfonamides is 1. The number of nitrogens with one attached hydrogen (secondary N) is 2. The summed E-state index contributed by atoms with van der Waals surface area (Å²) in [5, 5.41) is 3.54. The molecule has 3 aromatic rings. The SMILES string of the molecule is CC(NC(=O)c1ccc2nc(C3(C)CC3)ccc2c1)c1cc(F)c(NS(C)(=O)=O)c(F)c1. The van der Waals surface area contributed by atoms with Gasteiger partial charge in [0.05, 0.1) is 17.8 Å². The molecule has 0 bridgehead atoms. The Morgan fingerprint density at radius 1 is 1.09 bits per heavy atom. The van der Waals surface area contributed by atoms with E-state index in [9.17, 15) is 22.0 Å². The van der Waals surface area contributed by atoms with Crippen molar-refractivity contribution in [2.75, 3.05) is 11.0 Å². The molecule has 1 amide bonds. The van der Waals surface area contributed by atoms with Gasteiger partial charge in [-0.1, -0.05) is 13.0 Å². The molecule has 0 saturated heterocycles. The number of carbonyl (C=O) groups excluding carboxylic acids is 1. The van der Waals surface area contributed by atoms with Crippen LogP contribution in [0.3, 0.4) is 0 Å². The van der Waals surface area contributed by atoms with Gasteiger partial charge in [-0.2, -0.15) is 0 Å². The van der Waals surface area contributed by atoms with Crippen LogP contribution in [0.2, 0.25) is 0 Å². The molecule has 168 valence electrons. The molecule has 1 aromatic heterocycles. The van der Waals surface area contributed by atoms with Crippen LogP contribution in [0.25, 0.3) is 10.9 Å². The predicted octanol–water partition coefficient (Wildman–Crippen LogP) is 4.43. The number of benzene rings is 2. The van der Waals surface area contributed by atoms with E-state index >= 15 is 0 Å². The first-order valence-electron chi connectivity index (χ1n) is 10.1. The lowest BCUT2D eigenvalue weighted by Gasteiger charge is -2.17. The number of rotatable bonds is 6. The van der Waals surface area contributed by atoms with Crippen molar-refractivity contribution in [2.24, 2.45) is 0 Å². The van der Waals surface area contributed by atoms with E-state index in [4.69, 9.17) is 4.98 Å². The maximum atomic E-state index is 14.3. The zero-order valence-electron chi connectivity index (χ0n) is 17.9. The van der Waals surface area contributed by atoms with E-state index in [-0.39, 0.29) is 11.0 Å². The summed E-state index contributed by atoms with van der Waals surface area (Å²) in [6.45, 7) is 3.76. The summed E-state index contributed by atoms with van der Waals surface area (Å²) in [6.07, 6.45) is 3.04. The summed E-state index contributed by atoms with van der Waals surface area (Å²) in [5.41, 5.74) is 1.81. The highest BCUT2D eigenvalue weighted by atomic mass is 32.2. The minimum atomic E-state index is -3.84. The molecule has 0 aliphatic heterocycles. The molecule has 1 aliphatic carbocycles. The molecule has 0 spiro atoms. The van der Waals surface area contributed by atoms with Crippen molar-refractivity contribution in [3.8, 4) is 0 Å². The molecule has 0 radical (unpaired) electrons. The van der Waals surface area contributed by atoms with Gasteiger partial charge in [0.2, 0.25) is 10.0 Å². The Balaban J connectivity index is 1.52. The van der Waals surface area contributed by atoms with Gasteiger partial charge in [-0.15, -0.1) is 0 Å². The average Bonchev–Trinajstić information content (AvgIpc) is 3.47. The van der Waals surface area contributed by atoms with Gasteiger partial charge >= 0.3 is 0 Å². The molecule has 2 aromatic carbocycles. The molecule has 1 unspecified atom stereocenters. The van der Waals surface area contributed by atoms with Gasteiger partial charge in [0.1, 0.15) is 5.69 Å². The summed E-state index contributed by atoms with van der Waals surface area (Å²) in [6, 6.07) is 10.4. The molecule has 1 saturated carbocycles. The molecule has 1 atom stereocenters. The average molecular weight is 460 g/mol. The van der Waals surface area contributed by atoms with Gasteiger partial charge in [0.15, 0.2) is 11.6 Å². The minimum Gasteiger partial charge on any atom is -0.346 e. The maximum absolute atomic E-state index is 14.3. The van der Waals surface area contributed by atoms with Gasteiger partial charge in [-0.3, -0.25) is 14.5 Å². The topological polar surface area (TPSA) is 88.2 Å². The van der Waals surface area contributed by atoms with Crippen molar-refractivity contribution in [2.45, 2.75) is 38.1 Å². The van der Waals surface area contributed by atoms with E-state index in [1.54, 1.807) is 25.1 Å². The van der Waals surface area contributed by atoms with E-state index in [1.807, 2.05) is 16.9 Å². The Labute approximate surface area is 185 Å². The first kappa shape index (κ1) is 22.1. The van der Waals surface area contributed by atoms with Crippen molar-refractivity contribution in [1.82, 2.24) is 10.3 Å². The first-order valence-corrected chi connectivity index (χ1v) is 12.0. The van der Waals surface area contributed by atoms with Gasteiger partial charge in [0.25, 0.3) is 5.91 Å². The largest absolute Gasteiger partial charge is 0.346 e. The third-order valence-corrected chi connectivity index (χ3v) is 6.34. The van der Waals surface area contributed by atoms with E-state index in [1.165, 1.54) is 0 Å². The number of halogens is 2. The summed E-state index contributed by atoms with van der Waals surface area (Å²) < 4.78 is 52.9. The number of amides is 1. The fraction of sp³-hybridized carbons (Fsp3) is 0.304. The Bertz CT molecular complexity index is 1310. The van der Waals surface area contributed by atoms with E-state index < -0.39 is 39.3 Å². The normalized spacial score (nSPS) is 15.9. The Morgan fingerprint density at radius 2 is 1.75 bits per heavy atom. The second kappa shape index (κ2) is 7.81. The van der Waals surface area contributed by atoms with Crippen molar-refractivity contribution in [1.29, 1.82) is 0 Å². The van der Waals surface area contributed by atoms with Crippen LogP contribution in [0, 0.1) is 11.6 Å². The Hall–Kier alpha value is -3.07. The standard InChI is InChI=1S/C23H23F2N3O3S/c1-13(16-11-17(24)21(18(25)12-16)28-32(3,30)31)26-22(29)15-4-6-19-14(10-15)5-7-20(27-19)23(2)8-9-23/h4-7,10-13,28H,8-9H2,1-3H3,(H,26,29). The van der Waals surface area contributed by atoms with E-state index in [2.05, 4.69) is 12.2 Å². The lowest BCUT2D eigenvalue weighted by molar-refractivity contribution is 0.0940. The highest BCUT2D eigenvalue weighted by Crippen LogP contribution is 2.46. The molecular weight excluding hydrogens is 436 g/mol. The van der Waals surface area contributed by atoms with Crippen molar-refractivity contribution >= 4 is 32.5 Å². The summed E-state index contributed by atoms with van der Waals surface area (Å²) in [4.78, 5) is 17.4. The van der Waals surface area contributed by atoms with E-state index in [0.29, 0.717) is 5.56 Å². The van der Waals surface area contributed by atoms with Crippen LogP contribution in [0.1, 0.15) is 54.3 Å². The third kappa shape index (κ3) is 4.57. The number of aromatic nitrogens is 1. The Kier molecular flexibility index (Phi) is 5.40. The molecule has 32 heavy (non-hydrogen) atoms. The van der Waals surface area contributed by atoms with Crippen molar-refractivity contribution in [3.05, 3.63) is 70.9 Å². The lowest BCUT2D eigenvalue weighted by Crippen LogP contribution is -2.27. The highest BCUT2D eigenvalue weighted by molar-refractivity contribution is 7.92. The zero-order valence-corrected chi connectivity index (χ0v) is 18.7. The van der Waals surface area contributed by atoms with Crippen molar-refractivity contribution < 1.29 is 22.0 Å². The van der Waals surface area contributed by atoms with Crippen LogP contribution in [-0.2, 0) is 15.4 Å². The van der Waals surface area contributed by atoms with Gasteiger partial charge < -0.3 is 5.32 Å². The van der Waals surface area contributed by atoms with E-state index in [0.717, 1.165) is 47.8 Å². The first-order chi connectivity index (χ1) is 14.9. The van der Waals surface area contributed by atoms with Crippen LogP contribution in [0.15, 0.2) is 42.5 Å². The fourth-order valence-corrected chi connectivity index (χ4v) is 4.10. The molecule has 9 heteroatoms. The molecule has 1 heterocycles. The molecular formula is C23H23F2N3O3S. The molecule has 1 fully saturated rings. The third-order valence-electron chi connectivity index (χ3n) is 5.77. The number of carbonyl (C=O) groups is 1. The molecule has 2 N–H and O–H groups in total. The molecule has 6 nitrogen and oxygen atoms in total. The zero-order chi connectivity index (χ0) is 23.3. The monoisotopic (exact) mass is 459 g/mol. The number of anilines is 1. The second-order valence-corrected chi connectivity index (χ2v) is 10.3. The summed E-state index contributed by atoms with van der Waals surface area (Å²) in [5.74, 6) is -2.54. The maximum Gasteiger partial charge on any atom is 0.251 e. The van der Waals surface area contributed by atoms with Crippen LogP contribution >= 0.6 is 0 Å². The lowest BCUT2D eigenvalue weighted by atomic mass is 10.0. The molecule has 1 aliphatic rings. The highest BCUT2D eigenvalue weighted by Gasteiger charge is 2.40. The number of pyridine rings is 1. The summed E-state index contributed by atoms with van der Waals surface area (Å²) in [7, 11) is -3.84. The Morgan fingerprint density at radius 3 is 2.34 bits per heavy atom. The molecule has 4 rings (SSSR count). The van der Waals surface area contributed by atoms with Crippen LogP contribution in [-0.4, -0.2) is 25.6 Å². The van der Waals surface area contributed by atoms with Crippen LogP contribution in [0.5, 0.6) is 0 Å². The van der Waals surface area contributed by atoms with Crippen LogP contribution < -0.4 is 10.0 Å². The van der Waals surface area contributed by atoms with Crippen LogP contribution in [0.4, 0.5) is 14.5 Å². The van der Waals surface area contributed by atoms with Gasteiger partial charge in [0, 0.05) is 22.1 Å². The summed E-state index contributed by atoms with van der Waals surface area (Å²) >= 11 is 0. The predicted molar refractivity (Wildman–Crippen MR) is 119 cm³/mol.